The number of likely N-dealkylation sites (tertiary alicyclic amines) is 1. The van der Waals surface area contributed by atoms with E-state index < -0.39 is 12.3 Å². The van der Waals surface area contributed by atoms with Crippen LogP contribution in [0, 0.1) is 0 Å². The summed E-state index contributed by atoms with van der Waals surface area (Å²) >= 11 is 0. The van der Waals surface area contributed by atoms with E-state index in [2.05, 4.69) is 19.6 Å². The molecule has 1 aliphatic carbocycles. The van der Waals surface area contributed by atoms with Crippen molar-refractivity contribution in [1.29, 1.82) is 0 Å². The predicted octanol–water partition coefficient (Wildman–Crippen LogP) is 3.38. The van der Waals surface area contributed by atoms with Crippen LogP contribution in [0.25, 0.3) is 11.3 Å². The fourth-order valence-electron chi connectivity index (χ4n) is 5.81. The van der Waals surface area contributed by atoms with Gasteiger partial charge in [0.05, 0.1) is 24.9 Å². The third-order valence-corrected chi connectivity index (χ3v) is 7.78. The quantitative estimate of drug-likeness (QED) is 0.659. The van der Waals surface area contributed by atoms with E-state index in [0.29, 0.717) is 48.4 Å². The normalized spacial score (nSPS) is 32.4. The third kappa shape index (κ3) is 4.40. The van der Waals surface area contributed by atoms with Crippen molar-refractivity contribution in [3.05, 3.63) is 24.0 Å². The molecule has 0 radical (unpaired) electrons. The van der Waals surface area contributed by atoms with Gasteiger partial charge in [-0.1, -0.05) is 0 Å². The van der Waals surface area contributed by atoms with Crippen molar-refractivity contribution in [2.75, 3.05) is 36.9 Å². The molecule has 0 unspecified atom stereocenters. The third-order valence-electron chi connectivity index (χ3n) is 7.78. The number of fused-ring (bicyclic) bond motifs is 2. The molecule has 3 saturated heterocycles. The zero-order chi connectivity index (χ0) is 24.3. The predicted molar refractivity (Wildman–Crippen MR) is 123 cm³/mol. The van der Waals surface area contributed by atoms with Crippen LogP contribution in [-0.2, 0) is 4.74 Å². The molecule has 2 aromatic heterocycles. The lowest BCUT2D eigenvalue weighted by Crippen LogP contribution is -2.49. The first-order chi connectivity index (χ1) is 16.7. The summed E-state index contributed by atoms with van der Waals surface area (Å²) in [5, 5.41) is 0. The number of pyridine rings is 1. The molecule has 0 amide bonds. The first kappa shape index (κ1) is 22.8. The molecule has 5 heterocycles. The van der Waals surface area contributed by atoms with Crippen molar-refractivity contribution in [2.45, 2.75) is 69.0 Å². The van der Waals surface area contributed by atoms with Crippen LogP contribution in [0.1, 0.15) is 44.2 Å². The maximum absolute atomic E-state index is 14.6. The number of nitrogen functional groups attached to an aromatic ring is 1. The first-order valence-electron chi connectivity index (χ1n) is 12.1. The number of alkyl halides is 3. The summed E-state index contributed by atoms with van der Waals surface area (Å²) in [4.78, 5) is 17.9. The summed E-state index contributed by atoms with van der Waals surface area (Å²) < 4.78 is 50.5. The van der Waals surface area contributed by atoms with E-state index in [1.807, 2.05) is 11.0 Å². The number of morpholine rings is 1. The van der Waals surface area contributed by atoms with Crippen LogP contribution < -0.4 is 15.4 Å². The summed E-state index contributed by atoms with van der Waals surface area (Å²) in [5.41, 5.74) is 6.31. The number of anilines is 2. The molecule has 0 spiro atoms. The van der Waals surface area contributed by atoms with Gasteiger partial charge in [0.1, 0.15) is 5.67 Å². The Balaban J connectivity index is 1.29. The number of nitrogens with zero attached hydrogens (tertiary/aromatic N) is 5. The number of aromatic nitrogens is 3. The number of hydrogen-bond acceptors (Lipinski definition) is 8. The Kier molecular flexibility index (Phi) is 5.52. The van der Waals surface area contributed by atoms with Crippen molar-refractivity contribution in [3.63, 3.8) is 0 Å². The molecular formula is C24H29F3N6O2. The highest BCUT2D eigenvalue weighted by Crippen LogP contribution is 2.44. The molecule has 2 bridgehead atoms. The van der Waals surface area contributed by atoms with Crippen LogP contribution in [0.2, 0.25) is 0 Å². The second-order valence-corrected chi connectivity index (χ2v) is 10.4. The average molecular weight is 491 g/mol. The van der Waals surface area contributed by atoms with Crippen LogP contribution in [-0.4, -0.2) is 76.6 Å². The van der Waals surface area contributed by atoms with E-state index in [0.717, 1.165) is 38.1 Å². The Labute approximate surface area is 201 Å². The Morgan fingerprint density at radius 3 is 2.69 bits per heavy atom. The van der Waals surface area contributed by atoms with Crippen LogP contribution in [0.3, 0.4) is 0 Å². The van der Waals surface area contributed by atoms with Crippen LogP contribution in [0.4, 0.5) is 24.9 Å². The van der Waals surface area contributed by atoms with E-state index >= 15 is 0 Å². The van der Waals surface area contributed by atoms with Gasteiger partial charge in [0, 0.05) is 55.0 Å². The van der Waals surface area contributed by atoms with Crippen LogP contribution in [0.15, 0.2) is 18.3 Å². The van der Waals surface area contributed by atoms with E-state index in [4.69, 9.17) is 15.5 Å². The molecule has 11 heteroatoms. The van der Waals surface area contributed by atoms with Crippen LogP contribution in [0.5, 0.6) is 5.75 Å². The maximum atomic E-state index is 14.6. The summed E-state index contributed by atoms with van der Waals surface area (Å²) in [5.74, 6) is 0.372. The monoisotopic (exact) mass is 490 g/mol. The second-order valence-electron chi connectivity index (χ2n) is 10.4. The fraction of sp³-hybridized carbons (Fsp3) is 0.625. The minimum Gasteiger partial charge on any atom is -0.431 e. The van der Waals surface area contributed by atoms with Crippen LogP contribution >= 0.6 is 0 Å². The van der Waals surface area contributed by atoms with Crippen molar-refractivity contribution in [2.24, 2.45) is 0 Å². The van der Waals surface area contributed by atoms with Gasteiger partial charge >= 0.3 is 6.61 Å². The molecule has 3 atom stereocenters. The number of rotatable bonds is 6. The van der Waals surface area contributed by atoms with Crippen molar-refractivity contribution in [3.8, 4) is 17.0 Å². The largest absolute Gasteiger partial charge is 0.431 e. The summed E-state index contributed by atoms with van der Waals surface area (Å²) in [6.07, 6.45) is 5.34. The lowest BCUT2D eigenvalue weighted by atomic mass is 9.76. The Morgan fingerprint density at radius 1 is 1.20 bits per heavy atom. The lowest BCUT2D eigenvalue weighted by Gasteiger charge is -2.44. The zero-order valence-corrected chi connectivity index (χ0v) is 19.5. The summed E-state index contributed by atoms with van der Waals surface area (Å²) in [6.45, 7) is 1.10. The molecule has 0 aromatic carbocycles. The number of hydrogen-bond donors (Lipinski definition) is 1. The highest BCUT2D eigenvalue weighted by molar-refractivity contribution is 5.65. The molecule has 8 nitrogen and oxygen atoms in total. The number of halogens is 3. The van der Waals surface area contributed by atoms with Gasteiger partial charge in [-0.15, -0.1) is 0 Å². The molecule has 2 aromatic rings. The van der Waals surface area contributed by atoms with Gasteiger partial charge in [0.25, 0.3) is 0 Å². The van der Waals surface area contributed by atoms with Gasteiger partial charge in [0.2, 0.25) is 5.95 Å². The molecule has 188 valence electrons. The van der Waals surface area contributed by atoms with Gasteiger partial charge in [-0.2, -0.15) is 8.78 Å². The molecule has 2 N–H and O–H groups in total. The van der Waals surface area contributed by atoms with Crippen molar-refractivity contribution in [1.82, 2.24) is 19.9 Å². The SMILES string of the molecule is C[C@]1(F)CCN(c2nc(-c3cnc(N)c(OC(F)F)c3)cc([C@H]3C[C@H](N4C[C@@H]5C[C@H]4CO5)C3)n2)C1. The molecule has 4 aliphatic rings. The smallest absolute Gasteiger partial charge is 0.387 e. The summed E-state index contributed by atoms with van der Waals surface area (Å²) in [7, 11) is 0. The molecule has 4 fully saturated rings. The Hall–Kier alpha value is -2.66. The second kappa shape index (κ2) is 8.48. The maximum Gasteiger partial charge on any atom is 0.387 e. The van der Waals surface area contributed by atoms with E-state index in [9.17, 15) is 13.2 Å². The van der Waals surface area contributed by atoms with Gasteiger partial charge < -0.3 is 20.1 Å². The van der Waals surface area contributed by atoms with Gasteiger partial charge in [-0.25, -0.2) is 19.3 Å². The van der Waals surface area contributed by atoms with Gasteiger partial charge in [0.15, 0.2) is 11.6 Å². The lowest BCUT2D eigenvalue weighted by molar-refractivity contribution is -0.0494. The standard InChI is InChI=1S/C24H29F3N6O2/c1-24(27)2-3-32(12-24)23-30-18(13-4-15(5-13)33-10-17-7-16(33)11-34-17)8-19(31-23)14-6-20(35-22(25)26)21(28)29-9-14/h6,8-9,13,15-17,22H,2-5,7,10-12H2,1H3,(H2,28,29)/t13-,15-,16-,17-,24-/m0/s1. The highest BCUT2D eigenvalue weighted by atomic mass is 19.3. The first-order valence-corrected chi connectivity index (χ1v) is 12.1. The van der Waals surface area contributed by atoms with E-state index in [1.165, 1.54) is 12.3 Å². The fourth-order valence-corrected chi connectivity index (χ4v) is 5.81. The van der Waals surface area contributed by atoms with E-state index in [1.54, 1.807) is 6.92 Å². The van der Waals surface area contributed by atoms with Gasteiger partial charge in [-0.3, -0.25) is 4.90 Å². The van der Waals surface area contributed by atoms with E-state index in [-0.39, 0.29) is 24.0 Å². The zero-order valence-electron chi connectivity index (χ0n) is 19.5. The average Bonchev–Trinajstić information content (AvgIpc) is 3.49. The molecule has 1 saturated carbocycles. The Morgan fingerprint density at radius 2 is 2.03 bits per heavy atom. The van der Waals surface area contributed by atoms with Crippen molar-refractivity contribution < 1.29 is 22.6 Å². The molecular weight excluding hydrogens is 461 g/mol. The molecule has 6 rings (SSSR count). The Bertz CT molecular complexity index is 1110. The topological polar surface area (TPSA) is 89.6 Å². The summed E-state index contributed by atoms with van der Waals surface area (Å²) in [6, 6.07) is 4.32. The minimum atomic E-state index is -3.02. The highest BCUT2D eigenvalue weighted by Gasteiger charge is 2.46. The van der Waals surface area contributed by atoms with Gasteiger partial charge in [-0.05, 0) is 38.3 Å². The number of ether oxygens (including phenoxy) is 2. The molecule has 35 heavy (non-hydrogen) atoms. The molecule has 3 aliphatic heterocycles. The van der Waals surface area contributed by atoms with Crippen molar-refractivity contribution >= 4 is 11.8 Å². The number of nitrogens with two attached hydrogens (primary N) is 1. The minimum absolute atomic E-state index is 0.123.